The minimum Gasteiger partial charge on any atom is -0.493 e. The standard InChI is InChI=1S/C23H22N2O6S2/c1-13(26)15-5-7-16(8-6-15)24-20(27)12-25-22(28)19(33-23(25)32)11-14-9-17(29-2)21(31-4)18(10-14)30-3/h5-11H,12H2,1-4H3,(H,24,27). The highest BCUT2D eigenvalue weighted by molar-refractivity contribution is 8.26. The van der Waals surface area contributed by atoms with E-state index in [9.17, 15) is 14.4 Å². The third-order valence-electron chi connectivity index (χ3n) is 4.74. The first kappa shape index (κ1) is 24.3. The SMILES string of the molecule is COc1cc(C=C2SC(=S)N(CC(=O)Nc3ccc(C(C)=O)cc3)C2=O)cc(OC)c1OC. The van der Waals surface area contributed by atoms with Crippen molar-refractivity contribution in [2.24, 2.45) is 0 Å². The van der Waals surface area contributed by atoms with E-state index in [1.165, 1.54) is 33.2 Å². The molecule has 10 heteroatoms. The van der Waals surface area contributed by atoms with E-state index in [0.717, 1.165) is 11.8 Å². The van der Waals surface area contributed by atoms with Crippen LogP contribution in [0, 0.1) is 0 Å². The number of rotatable bonds is 8. The molecule has 1 fully saturated rings. The molecule has 2 aromatic rings. The van der Waals surface area contributed by atoms with Crippen molar-refractivity contribution in [3.8, 4) is 17.2 Å². The number of benzene rings is 2. The monoisotopic (exact) mass is 486 g/mol. The summed E-state index contributed by atoms with van der Waals surface area (Å²) < 4.78 is 16.3. The van der Waals surface area contributed by atoms with Crippen LogP contribution in [0.5, 0.6) is 17.2 Å². The Balaban J connectivity index is 1.74. The van der Waals surface area contributed by atoms with Gasteiger partial charge >= 0.3 is 0 Å². The van der Waals surface area contributed by atoms with Gasteiger partial charge in [-0.1, -0.05) is 24.0 Å². The highest BCUT2D eigenvalue weighted by Crippen LogP contribution is 2.40. The van der Waals surface area contributed by atoms with Crippen molar-refractivity contribution in [3.05, 3.63) is 52.4 Å². The molecule has 8 nitrogen and oxygen atoms in total. The average molecular weight is 487 g/mol. The van der Waals surface area contributed by atoms with E-state index in [2.05, 4.69) is 5.32 Å². The number of carbonyl (C=O) groups is 3. The smallest absolute Gasteiger partial charge is 0.266 e. The van der Waals surface area contributed by atoms with Gasteiger partial charge in [-0.05, 0) is 55.0 Å². The molecule has 0 aliphatic carbocycles. The number of ether oxygens (including phenoxy) is 3. The summed E-state index contributed by atoms with van der Waals surface area (Å²) in [5.74, 6) is 0.501. The van der Waals surface area contributed by atoms with Crippen molar-refractivity contribution in [2.45, 2.75) is 6.92 Å². The number of nitrogens with one attached hydrogen (secondary N) is 1. The first-order valence-electron chi connectivity index (χ1n) is 9.73. The summed E-state index contributed by atoms with van der Waals surface area (Å²) in [5.41, 5.74) is 1.71. The van der Waals surface area contributed by atoms with E-state index in [1.54, 1.807) is 42.5 Å². The second-order valence-electron chi connectivity index (χ2n) is 6.91. The molecule has 33 heavy (non-hydrogen) atoms. The van der Waals surface area contributed by atoms with E-state index >= 15 is 0 Å². The molecule has 0 saturated carbocycles. The van der Waals surface area contributed by atoms with Crippen LogP contribution in [0.4, 0.5) is 5.69 Å². The Morgan fingerprint density at radius 2 is 1.67 bits per heavy atom. The van der Waals surface area contributed by atoms with Gasteiger partial charge < -0.3 is 19.5 Å². The molecule has 0 bridgehead atoms. The maximum absolute atomic E-state index is 12.9. The topological polar surface area (TPSA) is 94.2 Å². The summed E-state index contributed by atoms with van der Waals surface area (Å²) in [4.78, 5) is 38.4. The molecule has 0 unspecified atom stereocenters. The number of nitrogens with zero attached hydrogens (tertiary/aromatic N) is 1. The Kier molecular flexibility index (Phi) is 7.72. The van der Waals surface area contributed by atoms with Gasteiger partial charge in [-0.15, -0.1) is 0 Å². The summed E-state index contributed by atoms with van der Waals surface area (Å²) in [6.07, 6.45) is 1.65. The number of hydrogen-bond acceptors (Lipinski definition) is 8. The number of thioether (sulfide) groups is 1. The van der Waals surface area contributed by atoms with Gasteiger partial charge in [0.15, 0.2) is 17.3 Å². The van der Waals surface area contributed by atoms with E-state index in [1.807, 2.05) is 0 Å². The van der Waals surface area contributed by atoms with Crippen molar-refractivity contribution < 1.29 is 28.6 Å². The fourth-order valence-electron chi connectivity index (χ4n) is 3.10. The maximum Gasteiger partial charge on any atom is 0.266 e. The van der Waals surface area contributed by atoms with Gasteiger partial charge in [0, 0.05) is 11.3 Å². The van der Waals surface area contributed by atoms with Gasteiger partial charge in [0.1, 0.15) is 10.9 Å². The molecule has 2 amide bonds. The molecule has 172 valence electrons. The summed E-state index contributed by atoms with van der Waals surface area (Å²) >= 11 is 6.42. The maximum atomic E-state index is 12.9. The van der Waals surface area contributed by atoms with Crippen LogP contribution in [0.25, 0.3) is 6.08 Å². The minimum atomic E-state index is -0.407. The van der Waals surface area contributed by atoms with Crippen LogP contribution < -0.4 is 19.5 Å². The number of amides is 2. The summed E-state index contributed by atoms with van der Waals surface area (Å²) in [7, 11) is 4.52. The lowest BCUT2D eigenvalue weighted by atomic mass is 10.1. The number of methoxy groups -OCH3 is 3. The van der Waals surface area contributed by atoms with Crippen LogP contribution in [0.3, 0.4) is 0 Å². The Morgan fingerprint density at radius 1 is 1.06 bits per heavy atom. The normalized spacial score (nSPS) is 14.4. The molecule has 0 aromatic heterocycles. The molecule has 0 atom stereocenters. The zero-order chi connectivity index (χ0) is 24.1. The van der Waals surface area contributed by atoms with Gasteiger partial charge in [0.2, 0.25) is 11.7 Å². The Morgan fingerprint density at radius 3 is 2.18 bits per heavy atom. The number of thiocarbonyl (C=S) groups is 1. The average Bonchev–Trinajstić information content (AvgIpc) is 3.05. The predicted octanol–water partition coefficient (Wildman–Crippen LogP) is 3.75. The third kappa shape index (κ3) is 5.52. The van der Waals surface area contributed by atoms with E-state index in [0.29, 0.717) is 39.0 Å². The molecule has 0 radical (unpaired) electrons. The van der Waals surface area contributed by atoms with Crippen molar-refractivity contribution >= 4 is 57.7 Å². The lowest BCUT2D eigenvalue weighted by Gasteiger charge is -2.14. The lowest BCUT2D eigenvalue weighted by Crippen LogP contribution is -2.36. The van der Waals surface area contributed by atoms with Crippen LogP contribution in [0.1, 0.15) is 22.8 Å². The predicted molar refractivity (Wildman–Crippen MR) is 131 cm³/mol. The third-order valence-corrected chi connectivity index (χ3v) is 6.11. The quantitative estimate of drug-likeness (QED) is 0.343. The van der Waals surface area contributed by atoms with Crippen molar-refractivity contribution in [2.75, 3.05) is 33.2 Å². The van der Waals surface area contributed by atoms with Crippen LogP contribution in [0.2, 0.25) is 0 Å². The van der Waals surface area contributed by atoms with Crippen LogP contribution in [-0.4, -0.2) is 54.7 Å². The van der Waals surface area contributed by atoms with Crippen LogP contribution in [-0.2, 0) is 9.59 Å². The lowest BCUT2D eigenvalue weighted by molar-refractivity contribution is -0.126. The summed E-state index contributed by atoms with van der Waals surface area (Å²) in [5, 5.41) is 2.70. The second-order valence-corrected chi connectivity index (χ2v) is 8.58. The van der Waals surface area contributed by atoms with Gasteiger partial charge in [-0.25, -0.2) is 0 Å². The first-order valence-corrected chi connectivity index (χ1v) is 11.0. The largest absolute Gasteiger partial charge is 0.493 e. The van der Waals surface area contributed by atoms with Gasteiger partial charge in [-0.2, -0.15) is 0 Å². The Bertz CT molecular complexity index is 1120. The van der Waals surface area contributed by atoms with E-state index in [4.69, 9.17) is 26.4 Å². The summed E-state index contributed by atoms with van der Waals surface area (Å²) in [6.45, 7) is 1.24. The van der Waals surface area contributed by atoms with Crippen LogP contribution in [0.15, 0.2) is 41.3 Å². The van der Waals surface area contributed by atoms with Gasteiger partial charge in [0.25, 0.3) is 5.91 Å². The minimum absolute atomic E-state index is 0.0654. The van der Waals surface area contributed by atoms with Crippen LogP contribution >= 0.6 is 24.0 Å². The highest BCUT2D eigenvalue weighted by atomic mass is 32.2. The van der Waals surface area contributed by atoms with Crippen molar-refractivity contribution in [1.29, 1.82) is 0 Å². The molecule has 1 aliphatic heterocycles. The number of anilines is 1. The highest BCUT2D eigenvalue weighted by Gasteiger charge is 2.33. The second kappa shape index (κ2) is 10.5. The molecular weight excluding hydrogens is 464 g/mol. The molecular formula is C23H22N2O6S2. The fourth-order valence-corrected chi connectivity index (χ4v) is 4.36. The fraction of sp³-hybridized carbons (Fsp3) is 0.217. The number of hydrogen-bond donors (Lipinski definition) is 1. The molecule has 1 saturated heterocycles. The molecule has 1 N–H and O–H groups in total. The van der Waals surface area contributed by atoms with E-state index in [-0.39, 0.29) is 22.6 Å². The van der Waals surface area contributed by atoms with Gasteiger partial charge in [-0.3, -0.25) is 19.3 Å². The van der Waals surface area contributed by atoms with E-state index < -0.39 is 5.91 Å². The zero-order valence-corrected chi connectivity index (χ0v) is 20.1. The number of Topliss-reactive ketones (excluding diaryl/α,β-unsaturated/α-hetero) is 1. The number of ketones is 1. The van der Waals surface area contributed by atoms with Gasteiger partial charge in [0.05, 0.1) is 26.2 Å². The van der Waals surface area contributed by atoms with Crippen molar-refractivity contribution in [3.63, 3.8) is 0 Å². The number of carbonyl (C=O) groups excluding carboxylic acids is 3. The molecule has 1 aliphatic rings. The molecule has 3 rings (SSSR count). The first-order chi connectivity index (χ1) is 15.8. The molecule has 1 heterocycles. The Labute approximate surface area is 200 Å². The molecule has 0 spiro atoms. The zero-order valence-electron chi connectivity index (χ0n) is 18.5. The summed E-state index contributed by atoms with van der Waals surface area (Å²) in [6, 6.07) is 9.93. The Hall–Kier alpha value is -3.37. The molecule has 2 aromatic carbocycles. The van der Waals surface area contributed by atoms with Crippen molar-refractivity contribution in [1.82, 2.24) is 4.90 Å².